The molecular formula is C62H68N40. The summed E-state index contributed by atoms with van der Waals surface area (Å²) in [6, 6.07) is 16.2. The number of nitrogens with one attached hydrogen (secondary N) is 6. The van der Waals surface area contributed by atoms with E-state index < -0.39 is 0 Å². The molecule has 0 amide bonds. The fourth-order valence-corrected chi connectivity index (χ4v) is 13.4. The van der Waals surface area contributed by atoms with Crippen molar-refractivity contribution in [2.45, 2.75) is 27.7 Å². The third kappa shape index (κ3) is 11.8. The van der Waals surface area contributed by atoms with E-state index >= 15 is 0 Å². The monoisotopic (exact) mass is 1370 g/mol. The molecule has 12 aromatic heterocycles. The Balaban J connectivity index is 0.000000101. The van der Waals surface area contributed by atoms with Crippen LogP contribution in [-0.2, 0) is 0 Å². The van der Waals surface area contributed by atoms with Gasteiger partial charge in [-0.1, -0.05) is 0 Å². The van der Waals surface area contributed by atoms with Crippen molar-refractivity contribution >= 4 is 90.0 Å². The molecular weight excluding hydrogens is 1300 g/mol. The van der Waals surface area contributed by atoms with Crippen molar-refractivity contribution in [3.8, 4) is 45.6 Å². The van der Waals surface area contributed by atoms with E-state index in [1.54, 1.807) is 18.1 Å². The minimum atomic E-state index is 0.668. The second-order valence-corrected chi connectivity index (χ2v) is 25.4. The van der Waals surface area contributed by atoms with Gasteiger partial charge in [0.15, 0.2) is 46.6 Å². The number of fused-ring (bicyclic) bond motifs is 12. The number of nitrogens with zero attached hydrogens (tertiary/aromatic N) is 34. The lowest BCUT2D eigenvalue weighted by Gasteiger charge is -2.33. The average Bonchev–Trinajstić information content (AvgIpc) is 1.79. The second-order valence-electron chi connectivity index (χ2n) is 25.4. The van der Waals surface area contributed by atoms with Crippen LogP contribution in [0.25, 0.3) is 112 Å². The van der Waals surface area contributed by atoms with Gasteiger partial charge in [-0.3, -0.25) is 20.4 Å². The molecule has 0 aliphatic carbocycles. The van der Waals surface area contributed by atoms with Gasteiger partial charge in [0, 0.05) is 127 Å². The smallest absolute Gasteiger partial charge is 0.222 e. The molecule has 4 fully saturated rings. The molecule has 0 unspecified atom stereocenters. The molecule has 516 valence electrons. The molecule has 0 radical (unpaired) electrons. The summed E-state index contributed by atoms with van der Waals surface area (Å²) in [6.07, 6.45) is 6.01. The van der Waals surface area contributed by atoms with E-state index in [0.717, 1.165) is 228 Å². The molecule has 102 heavy (non-hydrogen) atoms. The number of rotatable bonds is 8. The zero-order chi connectivity index (χ0) is 69.0. The maximum atomic E-state index is 4.92. The van der Waals surface area contributed by atoms with Crippen LogP contribution in [0.15, 0.2) is 73.8 Å². The van der Waals surface area contributed by atoms with Crippen LogP contribution >= 0.6 is 0 Å². The maximum absolute atomic E-state index is 4.92. The Morgan fingerprint density at radius 1 is 0.304 bits per heavy atom. The largest absolute Gasteiger partial charge is 0.351 e. The number of aromatic amines is 4. The van der Waals surface area contributed by atoms with Crippen LogP contribution in [0.3, 0.4) is 0 Å². The van der Waals surface area contributed by atoms with Crippen LogP contribution in [0, 0.1) is 27.7 Å². The van der Waals surface area contributed by atoms with E-state index in [4.69, 9.17) is 19.9 Å². The third-order valence-corrected chi connectivity index (χ3v) is 18.9. The van der Waals surface area contributed by atoms with Gasteiger partial charge in [0.25, 0.3) is 0 Å². The number of hydrogen-bond acceptors (Lipinski definition) is 32. The highest BCUT2D eigenvalue weighted by molar-refractivity contribution is 5.91. The van der Waals surface area contributed by atoms with E-state index in [2.05, 4.69) is 177 Å². The standard InChI is InChI=1S/2C16H18N10.2C15H16N10/c1-10-7-13-12(8-11(10)14-17-9-18-20-14)19-15(16-21-22-23-26(13)16)25-5-3-24(2)4-6-25;1-10-7-12-13(8-11(10)14-17-9-18-20-14)26-16(21-22-23-26)15(19-12)25-5-3-24(2)4-6-25;1-9-6-12-11(7-10(9)13-17-8-18-20-13)19-14(15-21-22-23-25(12)15)24-4-2-16-3-5-24;1-9-6-11-12(7-10(9)13-17-8-18-20-13)25-15(21-22-23-25)14(19-11)24-4-2-16-3-5-24/h2*7-9H,3-6H2,1-2H3,(H,17,18,20);2*6-8,16H,2-5H2,1H3,(H,17,18,20). The SMILES string of the molecule is Cc1cc2c(cc1-c1ncn[nH]1)nc(N1CCN(C)CC1)c1nnnn12.Cc1cc2c(cc1-c1ncn[nH]1)nc(N1CCNCC1)c1nnnn12.Cc1cc2nc(N3CCN(C)CC3)c3nnnn3c2cc1-c1ncn[nH]1.Cc1cc2nc(N3CCNCC3)c3nnnn3c2cc1-c1ncn[nH]1. The summed E-state index contributed by atoms with van der Waals surface area (Å²) in [5.74, 6) is 6.18. The molecule has 4 aliphatic rings. The molecule has 16 aromatic rings. The van der Waals surface area contributed by atoms with Gasteiger partial charge in [-0.25, -0.2) is 39.9 Å². The van der Waals surface area contributed by atoms with Crippen LogP contribution in [-0.4, -0.2) is 289 Å². The van der Waals surface area contributed by atoms with E-state index in [1.165, 1.54) is 25.3 Å². The van der Waals surface area contributed by atoms with Crippen LogP contribution in [0.1, 0.15) is 22.3 Å². The molecule has 4 saturated heterocycles. The normalized spacial score (nSPS) is 15.7. The van der Waals surface area contributed by atoms with Gasteiger partial charge in [0.1, 0.15) is 25.3 Å². The van der Waals surface area contributed by atoms with E-state index in [-0.39, 0.29) is 0 Å². The summed E-state index contributed by atoms with van der Waals surface area (Å²) in [7, 11) is 4.26. The van der Waals surface area contributed by atoms with Crippen LogP contribution in [0.5, 0.6) is 0 Å². The van der Waals surface area contributed by atoms with Gasteiger partial charge in [-0.05, 0) is 154 Å². The Kier molecular flexibility index (Phi) is 16.4. The summed E-state index contributed by atoms with van der Waals surface area (Å²) in [4.78, 5) is 50.2. The Hall–Kier alpha value is -12.6. The number of aromatic nitrogens is 32. The lowest BCUT2D eigenvalue weighted by Crippen LogP contribution is -2.45. The number of piperazine rings is 4. The number of H-pyrrole nitrogens is 4. The Bertz CT molecular complexity index is 5630. The Labute approximate surface area is 576 Å². The Morgan fingerprint density at radius 3 is 0.863 bits per heavy atom. The highest BCUT2D eigenvalue weighted by atomic mass is 15.6. The lowest BCUT2D eigenvalue weighted by atomic mass is 10.1. The van der Waals surface area contributed by atoms with Crippen molar-refractivity contribution in [2.24, 2.45) is 0 Å². The molecule has 20 rings (SSSR count). The predicted molar refractivity (Wildman–Crippen MR) is 374 cm³/mol. The number of likely N-dealkylation sites (N-methyl/N-ethyl adjacent to an activating group) is 2. The molecule has 0 bridgehead atoms. The predicted octanol–water partition coefficient (Wildman–Crippen LogP) is 1.39. The highest BCUT2D eigenvalue weighted by Gasteiger charge is 2.27. The van der Waals surface area contributed by atoms with E-state index in [9.17, 15) is 0 Å². The molecule has 4 aliphatic heterocycles. The van der Waals surface area contributed by atoms with Gasteiger partial charge in [0.05, 0.1) is 44.1 Å². The molecule has 0 saturated carbocycles. The summed E-state index contributed by atoms with van der Waals surface area (Å²) >= 11 is 0. The van der Waals surface area contributed by atoms with Crippen molar-refractivity contribution in [3.05, 3.63) is 96.1 Å². The lowest BCUT2D eigenvalue weighted by molar-refractivity contribution is 0.312. The fourth-order valence-electron chi connectivity index (χ4n) is 13.4. The average molecular weight is 1370 g/mol. The zero-order valence-electron chi connectivity index (χ0n) is 56.4. The summed E-state index contributed by atoms with van der Waals surface area (Å²) < 4.78 is 7.04. The molecule has 0 spiro atoms. The second kappa shape index (κ2) is 26.6. The summed E-state index contributed by atoms with van der Waals surface area (Å²) in [5, 5.41) is 83.2. The number of anilines is 4. The quantitative estimate of drug-likeness (QED) is 0.125. The summed E-state index contributed by atoms with van der Waals surface area (Å²) in [6.45, 7) is 22.9. The van der Waals surface area contributed by atoms with Crippen LogP contribution < -0.4 is 30.2 Å². The Morgan fingerprint density at radius 2 is 0.569 bits per heavy atom. The first-order valence-electron chi connectivity index (χ1n) is 33.3. The number of benzene rings is 4. The van der Waals surface area contributed by atoms with E-state index in [0.29, 0.717) is 34.2 Å². The van der Waals surface area contributed by atoms with Crippen LogP contribution in [0.2, 0.25) is 0 Å². The first-order chi connectivity index (χ1) is 50.0. The van der Waals surface area contributed by atoms with Crippen molar-refractivity contribution in [1.82, 2.24) is 181 Å². The molecule has 16 heterocycles. The van der Waals surface area contributed by atoms with Gasteiger partial charge < -0.3 is 40.0 Å². The van der Waals surface area contributed by atoms with E-state index in [1.807, 2.05) is 76.2 Å². The van der Waals surface area contributed by atoms with Gasteiger partial charge in [0.2, 0.25) is 22.6 Å². The fraction of sp³-hybridized carbons (Fsp3) is 0.355. The summed E-state index contributed by atoms with van der Waals surface area (Å²) in [5.41, 5.74) is 17.6. The zero-order valence-corrected chi connectivity index (χ0v) is 56.4. The van der Waals surface area contributed by atoms with Crippen molar-refractivity contribution in [3.63, 3.8) is 0 Å². The molecule has 6 N–H and O–H groups in total. The van der Waals surface area contributed by atoms with Gasteiger partial charge in [-0.15, -0.1) is 20.4 Å². The van der Waals surface area contributed by atoms with Crippen LogP contribution in [0.4, 0.5) is 23.3 Å². The number of hydrogen-bond donors (Lipinski definition) is 6. The highest BCUT2D eigenvalue weighted by Crippen LogP contribution is 2.34. The first-order valence-corrected chi connectivity index (χ1v) is 33.3. The van der Waals surface area contributed by atoms with Gasteiger partial charge in [-0.2, -0.15) is 38.5 Å². The molecule has 0 atom stereocenters. The molecule has 40 heteroatoms. The van der Waals surface area contributed by atoms with Crippen molar-refractivity contribution in [2.75, 3.05) is 138 Å². The number of tetrazole rings is 4. The minimum absolute atomic E-state index is 0.668. The molecule has 40 nitrogen and oxygen atoms in total. The van der Waals surface area contributed by atoms with Crippen molar-refractivity contribution < 1.29 is 0 Å². The van der Waals surface area contributed by atoms with Crippen molar-refractivity contribution in [1.29, 1.82) is 0 Å². The maximum Gasteiger partial charge on any atom is 0.222 e. The number of aryl methyl sites for hydroxylation is 4. The molecule has 4 aromatic carbocycles. The first kappa shape index (κ1) is 62.9. The minimum Gasteiger partial charge on any atom is -0.351 e. The van der Waals surface area contributed by atoms with Gasteiger partial charge >= 0.3 is 0 Å². The topological polar surface area (TPSA) is 434 Å². The third-order valence-electron chi connectivity index (χ3n) is 18.9.